The molecule has 21 heavy (non-hydrogen) atoms. The number of benzene rings is 1. The Morgan fingerprint density at radius 1 is 1.29 bits per heavy atom. The molecule has 1 N–H and O–H groups in total. The van der Waals surface area contributed by atoms with Crippen molar-refractivity contribution in [2.45, 2.75) is 19.9 Å². The lowest BCUT2D eigenvalue weighted by Crippen LogP contribution is -2.34. The first-order valence-corrected chi connectivity index (χ1v) is 8.30. The Bertz CT molecular complexity index is 676. The van der Waals surface area contributed by atoms with Gasteiger partial charge in [-0.1, -0.05) is 29.3 Å². The predicted octanol–water partition coefficient (Wildman–Crippen LogP) is 5.04. The maximum Gasteiger partial charge on any atom is 0.203 e. The van der Waals surface area contributed by atoms with Crippen molar-refractivity contribution in [3.05, 3.63) is 44.6 Å². The standard InChI is InChI=1S/C15H15Cl2N3S/c1-9-8-20(13-6-7-21-10(13)2)15(18-9)19-14-11(16)4-3-5-12(14)17/h3-7,9H,8H2,1-2H3,(H,18,19). The van der Waals surface area contributed by atoms with Crippen molar-refractivity contribution in [3.63, 3.8) is 0 Å². The molecule has 0 amide bonds. The lowest BCUT2D eigenvalue weighted by Gasteiger charge is -2.22. The highest BCUT2D eigenvalue weighted by Crippen LogP contribution is 2.33. The van der Waals surface area contributed by atoms with Gasteiger partial charge in [-0.2, -0.15) is 0 Å². The molecule has 0 spiro atoms. The lowest BCUT2D eigenvalue weighted by atomic mass is 10.3. The third-order valence-corrected chi connectivity index (χ3v) is 4.83. The van der Waals surface area contributed by atoms with Crippen LogP contribution in [0.25, 0.3) is 0 Å². The smallest absolute Gasteiger partial charge is 0.203 e. The highest BCUT2D eigenvalue weighted by atomic mass is 35.5. The first kappa shape index (κ1) is 14.7. The Morgan fingerprint density at radius 3 is 2.62 bits per heavy atom. The molecule has 0 saturated heterocycles. The normalized spacial score (nSPS) is 18.0. The topological polar surface area (TPSA) is 27.6 Å². The molecular formula is C15H15Cl2N3S. The third kappa shape index (κ3) is 2.89. The van der Waals surface area contributed by atoms with Crippen molar-refractivity contribution in [1.29, 1.82) is 0 Å². The average molecular weight is 340 g/mol. The molecule has 6 heteroatoms. The summed E-state index contributed by atoms with van der Waals surface area (Å²) in [7, 11) is 0. The van der Waals surface area contributed by atoms with Gasteiger partial charge in [0.05, 0.1) is 27.5 Å². The van der Waals surface area contributed by atoms with E-state index in [-0.39, 0.29) is 6.04 Å². The number of guanidine groups is 1. The van der Waals surface area contributed by atoms with Gasteiger partial charge >= 0.3 is 0 Å². The van der Waals surface area contributed by atoms with E-state index in [1.165, 1.54) is 10.6 Å². The molecule has 2 heterocycles. The van der Waals surface area contributed by atoms with Crippen LogP contribution in [0.3, 0.4) is 0 Å². The summed E-state index contributed by atoms with van der Waals surface area (Å²) in [5, 5.41) is 6.56. The van der Waals surface area contributed by atoms with Crippen LogP contribution < -0.4 is 10.2 Å². The summed E-state index contributed by atoms with van der Waals surface area (Å²) in [6.07, 6.45) is 0. The molecule has 3 rings (SSSR count). The van der Waals surface area contributed by atoms with Gasteiger partial charge in [0.15, 0.2) is 0 Å². The van der Waals surface area contributed by atoms with Crippen LogP contribution in [0.2, 0.25) is 10.0 Å². The fraction of sp³-hybridized carbons (Fsp3) is 0.267. The molecule has 1 unspecified atom stereocenters. The molecule has 1 atom stereocenters. The van der Waals surface area contributed by atoms with Crippen molar-refractivity contribution in [1.82, 2.24) is 0 Å². The number of para-hydroxylation sites is 1. The van der Waals surface area contributed by atoms with E-state index in [9.17, 15) is 0 Å². The summed E-state index contributed by atoms with van der Waals surface area (Å²) < 4.78 is 0. The summed E-state index contributed by atoms with van der Waals surface area (Å²) >= 11 is 14.2. The second kappa shape index (κ2) is 5.87. The van der Waals surface area contributed by atoms with Crippen LogP contribution in [0, 0.1) is 6.92 Å². The molecule has 0 aliphatic carbocycles. The van der Waals surface area contributed by atoms with E-state index in [1.807, 2.05) is 18.2 Å². The van der Waals surface area contributed by atoms with E-state index in [4.69, 9.17) is 23.2 Å². The first-order valence-electron chi connectivity index (χ1n) is 6.66. The van der Waals surface area contributed by atoms with E-state index >= 15 is 0 Å². The van der Waals surface area contributed by atoms with E-state index in [2.05, 4.69) is 40.5 Å². The van der Waals surface area contributed by atoms with Gasteiger partial charge in [0.2, 0.25) is 5.96 Å². The van der Waals surface area contributed by atoms with Gasteiger partial charge in [-0.3, -0.25) is 0 Å². The zero-order valence-electron chi connectivity index (χ0n) is 11.7. The number of nitrogens with one attached hydrogen (secondary N) is 1. The van der Waals surface area contributed by atoms with Crippen molar-refractivity contribution < 1.29 is 0 Å². The minimum absolute atomic E-state index is 0.230. The van der Waals surface area contributed by atoms with Gasteiger partial charge in [-0.15, -0.1) is 11.3 Å². The molecular weight excluding hydrogens is 325 g/mol. The van der Waals surface area contributed by atoms with Crippen LogP contribution in [0.5, 0.6) is 0 Å². The largest absolute Gasteiger partial charge is 0.323 e. The SMILES string of the molecule is Cc1sccc1N1CC(C)N=C1Nc1c(Cl)cccc1Cl. The number of nitrogens with zero attached hydrogens (tertiary/aromatic N) is 2. The van der Waals surface area contributed by atoms with Gasteiger partial charge in [-0.05, 0) is 37.4 Å². The molecule has 1 aliphatic rings. The van der Waals surface area contributed by atoms with Crippen LogP contribution >= 0.6 is 34.5 Å². The molecule has 1 aromatic carbocycles. The second-order valence-corrected chi connectivity index (χ2v) is 6.93. The van der Waals surface area contributed by atoms with E-state index < -0.39 is 0 Å². The lowest BCUT2D eigenvalue weighted by molar-refractivity contribution is 0.795. The fourth-order valence-corrected chi connectivity index (χ4v) is 3.56. The van der Waals surface area contributed by atoms with E-state index in [0.29, 0.717) is 15.7 Å². The molecule has 110 valence electrons. The maximum absolute atomic E-state index is 6.23. The third-order valence-electron chi connectivity index (χ3n) is 3.37. The molecule has 0 bridgehead atoms. The van der Waals surface area contributed by atoms with Crippen LogP contribution in [0.15, 0.2) is 34.6 Å². The number of hydrogen-bond donors (Lipinski definition) is 1. The zero-order valence-corrected chi connectivity index (χ0v) is 14.1. The quantitative estimate of drug-likeness (QED) is 0.829. The summed E-state index contributed by atoms with van der Waals surface area (Å²) in [6, 6.07) is 7.80. The van der Waals surface area contributed by atoms with Gasteiger partial charge < -0.3 is 10.2 Å². The van der Waals surface area contributed by atoms with Crippen molar-refractivity contribution in [2.24, 2.45) is 4.99 Å². The Kier molecular flexibility index (Phi) is 4.11. The number of hydrogen-bond acceptors (Lipinski definition) is 4. The minimum atomic E-state index is 0.230. The van der Waals surface area contributed by atoms with Crippen molar-refractivity contribution in [3.8, 4) is 0 Å². The number of aryl methyl sites for hydroxylation is 1. The zero-order chi connectivity index (χ0) is 15.0. The molecule has 0 radical (unpaired) electrons. The Morgan fingerprint density at radius 2 is 2.00 bits per heavy atom. The van der Waals surface area contributed by atoms with Crippen LogP contribution in [0.4, 0.5) is 11.4 Å². The van der Waals surface area contributed by atoms with Crippen LogP contribution in [-0.2, 0) is 0 Å². The molecule has 1 aromatic heterocycles. The summed E-state index contributed by atoms with van der Waals surface area (Å²) in [5.74, 6) is 0.791. The number of rotatable bonds is 2. The minimum Gasteiger partial charge on any atom is -0.323 e. The molecule has 0 fully saturated rings. The molecule has 0 saturated carbocycles. The highest BCUT2D eigenvalue weighted by Gasteiger charge is 2.26. The Balaban J connectivity index is 1.93. The van der Waals surface area contributed by atoms with Gasteiger partial charge in [-0.25, -0.2) is 4.99 Å². The monoisotopic (exact) mass is 339 g/mol. The first-order chi connectivity index (χ1) is 10.1. The van der Waals surface area contributed by atoms with Gasteiger partial charge in [0.25, 0.3) is 0 Å². The average Bonchev–Trinajstić information content (AvgIpc) is 3.00. The van der Waals surface area contributed by atoms with Crippen LogP contribution in [-0.4, -0.2) is 18.5 Å². The Labute approximate surface area is 138 Å². The Hall–Kier alpha value is -1.23. The second-order valence-electron chi connectivity index (χ2n) is 5.00. The summed E-state index contributed by atoms with van der Waals surface area (Å²) in [4.78, 5) is 8.11. The highest BCUT2D eigenvalue weighted by molar-refractivity contribution is 7.10. The van der Waals surface area contributed by atoms with Crippen molar-refractivity contribution in [2.75, 3.05) is 16.8 Å². The predicted molar refractivity (Wildman–Crippen MR) is 93.4 cm³/mol. The number of thiophene rings is 1. The maximum atomic E-state index is 6.23. The molecule has 2 aromatic rings. The molecule has 1 aliphatic heterocycles. The molecule has 3 nitrogen and oxygen atoms in total. The van der Waals surface area contributed by atoms with Gasteiger partial charge in [0.1, 0.15) is 0 Å². The van der Waals surface area contributed by atoms with Crippen LogP contribution in [0.1, 0.15) is 11.8 Å². The van der Waals surface area contributed by atoms with Crippen molar-refractivity contribution >= 4 is 51.9 Å². The van der Waals surface area contributed by atoms with Gasteiger partial charge in [0, 0.05) is 11.4 Å². The van der Waals surface area contributed by atoms with E-state index in [0.717, 1.165) is 12.5 Å². The summed E-state index contributed by atoms with van der Waals surface area (Å²) in [5.41, 5.74) is 1.88. The van der Waals surface area contributed by atoms with E-state index in [1.54, 1.807) is 11.3 Å². The number of halogens is 2. The summed E-state index contributed by atoms with van der Waals surface area (Å²) in [6.45, 7) is 5.06. The number of aliphatic imine (C=N–C) groups is 1. The fourth-order valence-electron chi connectivity index (χ4n) is 2.37. The number of anilines is 2.